The maximum absolute atomic E-state index is 12.5. The first-order chi connectivity index (χ1) is 9.25. The molecular weight excluding hydrogens is 238 g/mol. The van der Waals surface area contributed by atoms with Crippen molar-refractivity contribution in [1.29, 1.82) is 0 Å². The van der Waals surface area contributed by atoms with E-state index in [2.05, 4.69) is 11.2 Å². The standard InChI is InChI=1S/C16H19NO2/c1-3-12-17-16(14-10-11-14,15(18)19-4-2)13-8-6-5-7-9-13/h1,5-9,14,17H,4,10-12H2,2H3. The molecule has 1 N–H and O–H groups in total. The molecule has 0 aromatic heterocycles. The van der Waals surface area contributed by atoms with Gasteiger partial charge in [-0.2, -0.15) is 0 Å². The molecule has 0 heterocycles. The van der Waals surface area contributed by atoms with Crippen molar-refractivity contribution in [3.05, 3.63) is 35.9 Å². The summed E-state index contributed by atoms with van der Waals surface area (Å²) in [4.78, 5) is 12.5. The van der Waals surface area contributed by atoms with Crippen molar-refractivity contribution >= 4 is 5.97 Å². The Morgan fingerprint density at radius 1 is 1.47 bits per heavy atom. The molecule has 3 heteroatoms. The minimum absolute atomic E-state index is 0.223. The number of hydrogen-bond acceptors (Lipinski definition) is 3. The van der Waals surface area contributed by atoms with Gasteiger partial charge in [-0.05, 0) is 31.2 Å². The molecule has 1 unspecified atom stereocenters. The van der Waals surface area contributed by atoms with Crippen LogP contribution in [0.2, 0.25) is 0 Å². The minimum Gasteiger partial charge on any atom is -0.464 e. The van der Waals surface area contributed by atoms with Gasteiger partial charge in [0.2, 0.25) is 0 Å². The predicted molar refractivity (Wildman–Crippen MR) is 74.3 cm³/mol. The Morgan fingerprint density at radius 3 is 2.68 bits per heavy atom. The van der Waals surface area contributed by atoms with E-state index in [1.54, 1.807) is 0 Å². The molecule has 1 saturated carbocycles. The fourth-order valence-corrected chi connectivity index (χ4v) is 2.49. The van der Waals surface area contributed by atoms with E-state index in [0.29, 0.717) is 13.2 Å². The number of ether oxygens (including phenoxy) is 1. The molecule has 0 bridgehead atoms. The lowest BCUT2D eigenvalue weighted by atomic mass is 9.84. The van der Waals surface area contributed by atoms with Crippen molar-refractivity contribution in [2.45, 2.75) is 25.3 Å². The first-order valence-corrected chi connectivity index (χ1v) is 6.67. The molecule has 100 valence electrons. The zero-order chi connectivity index (χ0) is 13.7. The van der Waals surface area contributed by atoms with Crippen LogP contribution in [0.4, 0.5) is 0 Å². The van der Waals surface area contributed by atoms with E-state index in [0.717, 1.165) is 18.4 Å². The highest BCUT2D eigenvalue weighted by Gasteiger charge is 2.52. The van der Waals surface area contributed by atoms with E-state index in [1.165, 1.54) is 0 Å². The lowest BCUT2D eigenvalue weighted by molar-refractivity contribution is -0.152. The topological polar surface area (TPSA) is 38.3 Å². The molecule has 1 atom stereocenters. The van der Waals surface area contributed by atoms with E-state index >= 15 is 0 Å². The predicted octanol–water partition coefficient (Wildman–Crippen LogP) is 2.08. The number of terminal acetylenes is 1. The van der Waals surface area contributed by atoms with Crippen LogP contribution in [0.25, 0.3) is 0 Å². The van der Waals surface area contributed by atoms with Gasteiger partial charge in [0.15, 0.2) is 0 Å². The summed E-state index contributed by atoms with van der Waals surface area (Å²) < 4.78 is 5.29. The van der Waals surface area contributed by atoms with Gasteiger partial charge in [-0.3, -0.25) is 5.32 Å². The zero-order valence-corrected chi connectivity index (χ0v) is 11.2. The second-order valence-corrected chi connectivity index (χ2v) is 4.73. The molecular formula is C16H19NO2. The van der Waals surface area contributed by atoms with Crippen LogP contribution in [0.3, 0.4) is 0 Å². The largest absolute Gasteiger partial charge is 0.464 e. The molecule has 0 radical (unpaired) electrons. The number of esters is 1. The highest BCUT2D eigenvalue weighted by Crippen LogP contribution is 2.46. The maximum atomic E-state index is 12.5. The molecule has 0 saturated heterocycles. The summed E-state index contributed by atoms with van der Waals surface area (Å²) in [5.41, 5.74) is 0.148. The summed E-state index contributed by atoms with van der Waals surface area (Å²) in [5.74, 6) is 2.60. The van der Waals surface area contributed by atoms with Crippen molar-refractivity contribution in [2.75, 3.05) is 13.2 Å². The Labute approximate surface area is 114 Å². The first-order valence-electron chi connectivity index (χ1n) is 6.67. The molecule has 2 rings (SSSR count). The Bertz CT molecular complexity index is 473. The van der Waals surface area contributed by atoms with Crippen LogP contribution in [-0.2, 0) is 15.1 Å². The van der Waals surface area contributed by atoms with Gasteiger partial charge in [0.05, 0.1) is 13.2 Å². The molecule has 0 spiro atoms. The summed E-state index contributed by atoms with van der Waals surface area (Å²) in [6, 6.07) is 9.72. The Balaban J connectivity index is 2.40. The molecule has 1 fully saturated rings. The molecule has 1 aromatic rings. The second-order valence-electron chi connectivity index (χ2n) is 4.73. The third-order valence-electron chi connectivity index (χ3n) is 3.49. The monoisotopic (exact) mass is 257 g/mol. The SMILES string of the molecule is C#CCNC(C(=O)OCC)(c1ccccc1)C1CC1. The van der Waals surface area contributed by atoms with Gasteiger partial charge >= 0.3 is 5.97 Å². The van der Waals surface area contributed by atoms with Gasteiger partial charge in [-0.25, -0.2) is 4.79 Å². The normalized spacial score (nSPS) is 17.3. The number of rotatable bonds is 6. The lowest BCUT2D eigenvalue weighted by Gasteiger charge is -2.32. The van der Waals surface area contributed by atoms with Crippen LogP contribution >= 0.6 is 0 Å². The average molecular weight is 257 g/mol. The van der Waals surface area contributed by atoms with Crippen LogP contribution in [0.5, 0.6) is 0 Å². The van der Waals surface area contributed by atoms with E-state index < -0.39 is 5.54 Å². The van der Waals surface area contributed by atoms with Gasteiger partial charge in [0, 0.05) is 0 Å². The molecule has 0 aliphatic heterocycles. The fraction of sp³-hybridized carbons (Fsp3) is 0.438. The number of carbonyl (C=O) groups excluding carboxylic acids is 1. The van der Waals surface area contributed by atoms with Crippen molar-refractivity contribution in [2.24, 2.45) is 5.92 Å². The highest BCUT2D eigenvalue weighted by molar-refractivity contribution is 5.83. The summed E-state index contributed by atoms with van der Waals surface area (Å²) >= 11 is 0. The number of carbonyl (C=O) groups is 1. The third kappa shape index (κ3) is 2.64. The average Bonchev–Trinajstić information content (AvgIpc) is 3.26. The quantitative estimate of drug-likeness (QED) is 0.626. The molecule has 19 heavy (non-hydrogen) atoms. The van der Waals surface area contributed by atoms with Gasteiger partial charge < -0.3 is 4.74 Å². The van der Waals surface area contributed by atoms with Crippen LogP contribution in [0.1, 0.15) is 25.3 Å². The molecule has 1 aromatic carbocycles. The van der Waals surface area contributed by atoms with Gasteiger partial charge in [0.25, 0.3) is 0 Å². The van der Waals surface area contributed by atoms with Crippen molar-refractivity contribution in [3.8, 4) is 12.3 Å². The van der Waals surface area contributed by atoms with Crippen LogP contribution in [0.15, 0.2) is 30.3 Å². The molecule has 0 amide bonds. The minimum atomic E-state index is -0.788. The lowest BCUT2D eigenvalue weighted by Crippen LogP contribution is -2.52. The molecule has 3 nitrogen and oxygen atoms in total. The van der Waals surface area contributed by atoms with Crippen molar-refractivity contribution in [3.63, 3.8) is 0 Å². The summed E-state index contributed by atoms with van der Waals surface area (Å²) in [6.07, 6.45) is 7.38. The number of benzene rings is 1. The number of hydrogen-bond donors (Lipinski definition) is 1. The zero-order valence-electron chi connectivity index (χ0n) is 11.2. The smallest absolute Gasteiger partial charge is 0.331 e. The van der Waals surface area contributed by atoms with Crippen LogP contribution in [-0.4, -0.2) is 19.1 Å². The Morgan fingerprint density at radius 2 is 2.16 bits per heavy atom. The molecule has 1 aliphatic rings. The van der Waals surface area contributed by atoms with Gasteiger partial charge in [-0.15, -0.1) is 6.42 Å². The van der Waals surface area contributed by atoms with Crippen LogP contribution in [0, 0.1) is 18.3 Å². The third-order valence-corrected chi connectivity index (χ3v) is 3.49. The van der Waals surface area contributed by atoms with E-state index in [1.807, 2.05) is 37.3 Å². The summed E-state index contributed by atoms with van der Waals surface area (Å²) in [6.45, 7) is 2.55. The van der Waals surface area contributed by atoms with E-state index in [4.69, 9.17) is 11.2 Å². The van der Waals surface area contributed by atoms with Gasteiger partial charge in [0.1, 0.15) is 5.54 Å². The summed E-state index contributed by atoms with van der Waals surface area (Å²) in [7, 11) is 0. The number of nitrogens with one attached hydrogen (secondary N) is 1. The summed E-state index contributed by atoms with van der Waals surface area (Å²) in [5, 5.41) is 3.24. The first kappa shape index (κ1) is 13.6. The van der Waals surface area contributed by atoms with E-state index in [9.17, 15) is 4.79 Å². The molecule has 1 aliphatic carbocycles. The van der Waals surface area contributed by atoms with Crippen molar-refractivity contribution in [1.82, 2.24) is 5.32 Å². The highest BCUT2D eigenvalue weighted by atomic mass is 16.5. The second kappa shape index (κ2) is 5.90. The maximum Gasteiger partial charge on any atom is 0.331 e. The fourth-order valence-electron chi connectivity index (χ4n) is 2.49. The van der Waals surface area contributed by atoms with Gasteiger partial charge in [-0.1, -0.05) is 36.3 Å². The Kier molecular flexibility index (Phi) is 4.24. The van der Waals surface area contributed by atoms with E-state index in [-0.39, 0.29) is 11.9 Å². The van der Waals surface area contributed by atoms with Crippen LogP contribution < -0.4 is 5.32 Å². The Hall–Kier alpha value is -1.79. The van der Waals surface area contributed by atoms with Crippen molar-refractivity contribution < 1.29 is 9.53 Å².